The molecule has 0 unspecified atom stereocenters. The molecule has 0 spiro atoms. The van der Waals surface area contributed by atoms with E-state index >= 15 is 0 Å². The first-order chi connectivity index (χ1) is 12.7. The monoisotopic (exact) mass is 350 g/mol. The number of rotatable bonds is 3. The fourth-order valence-electron chi connectivity index (χ4n) is 3.69. The van der Waals surface area contributed by atoms with E-state index in [-0.39, 0.29) is 18.7 Å². The molecular formula is C20H22N4O2. The molecule has 1 fully saturated rings. The van der Waals surface area contributed by atoms with Crippen molar-refractivity contribution in [3.8, 4) is 11.8 Å². The zero-order valence-electron chi connectivity index (χ0n) is 14.9. The molecule has 4 rings (SSSR count). The van der Waals surface area contributed by atoms with Crippen LogP contribution < -0.4 is 5.56 Å². The summed E-state index contributed by atoms with van der Waals surface area (Å²) in [6.07, 6.45) is 2.52. The summed E-state index contributed by atoms with van der Waals surface area (Å²) < 4.78 is 1.61. The largest absolute Gasteiger partial charge is 0.395 e. The summed E-state index contributed by atoms with van der Waals surface area (Å²) in [7, 11) is 0. The van der Waals surface area contributed by atoms with Crippen molar-refractivity contribution in [2.75, 3.05) is 26.2 Å². The summed E-state index contributed by atoms with van der Waals surface area (Å²) in [4.78, 5) is 15.1. The molecule has 6 nitrogen and oxygen atoms in total. The minimum atomic E-state index is -0.124. The number of aliphatic hydroxyl groups is 1. The fourth-order valence-corrected chi connectivity index (χ4v) is 3.69. The number of hydrogen-bond donors (Lipinski definition) is 2. The zero-order valence-corrected chi connectivity index (χ0v) is 14.9. The highest BCUT2D eigenvalue weighted by Crippen LogP contribution is 2.23. The van der Waals surface area contributed by atoms with Crippen LogP contribution in [0.5, 0.6) is 0 Å². The highest BCUT2D eigenvalue weighted by Gasteiger charge is 2.15. The molecule has 0 aliphatic carbocycles. The zero-order chi connectivity index (χ0) is 18.1. The van der Waals surface area contributed by atoms with Crippen LogP contribution in [0.3, 0.4) is 0 Å². The Balaban J connectivity index is 1.82. The lowest BCUT2D eigenvalue weighted by atomic mass is 10.1. The summed E-state index contributed by atoms with van der Waals surface area (Å²) >= 11 is 0. The minimum Gasteiger partial charge on any atom is -0.395 e. The van der Waals surface area contributed by atoms with Crippen LogP contribution in [0.25, 0.3) is 21.8 Å². The van der Waals surface area contributed by atoms with Crippen molar-refractivity contribution < 1.29 is 5.11 Å². The lowest BCUT2D eigenvalue weighted by Gasteiger charge is -2.10. The van der Waals surface area contributed by atoms with Crippen LogP contribution in [-0.4, -0.2) is 51.0 Å². The Kier molecular flexibility index (Phi) is 4.49. The van der Waals surface area contributed by atoms with Gasteiger partial charge in [0.15, 0.2) is 0 Å². The van der Waals surface area contributed by atoms with Gasteiger partial charge < -0.3 is 9.67 Å². The van der Waals surface area contributed by atoms with E-state index in [1.165, 1.54) is 12.8 Å². The third kappa shape index (κ3) is 2.90. The number of nitrogens with zero attached hydrogens (tertiary/aromatic N) is 3. The second-order valence-electron chi connectivity index (χ2n) is 6.77. The van der Waals surface area contributed by atoms with Crippen molar-refractivity contribution in [1.29, 1.82) is 0 Å². The van der Waals surface area contributed by atoms with Gasteiger partial charge in [0.25, 0.3) is 5.56 Å². The predicted molar refractivity (Wildman–Crippen MR) is 102 cm³/mol. The predicted octanol–water partition coefficient (Wildman–Crippen LogP) is 1.63. The third-order valence-corrected chi connectivity index (χ3v) is 5.01. The van der Waals surface area contributed by atoms with Crippen molar-refractivity contribution in [2.45, 2.75) is 26.3 Å². The Morgan fingerprint density at radius 2 is 2.12 bits per heavy atom. The van der Waals surface area contributed by atoms with Gasteiger partial charge in [0, 0.05) is 23.2 Å². The molecule has 2 aromatic heterocycles. The topological polar surface area (TPSA) is 74.1 Å². The molecule has 0 saturated carbocycles. The van der Waals surface area contributed by atoms with Crippen LogP contribution in [0.15, 0.2) is 23.0 Å². The molecule has 26 heavy (non-hydrogen) atoms. The number of hydrogen-bond acceptors (Lipinski definition) is 4. The maximum absolute atomic E-state index is 12.8. The Morgan fingerprint density at radius 3 is 2.88 bits per heavy atom. The van der Waals surface area contributed by atoms with Gasteiger partial charge in [-0.25, -0.2) is 0 Å². The van der Waals surface area contributed by atoms with Crippen LogP contribution in [-0.2, 0) is 6.54 Å². The third-order valence-electron chi connectivity index (χ3n) is 5.01. The molecular weight excluding hydrogens is 328 g/mol. The molecule has 1 saturated heterocycles. The van der Waals surface area contributed by atoms with E-state index < -0.39 is 0 Å². The van der Waals surface area contributed by atoms with E-state index in [0.29, 0.717) is 10.9 Å². The van der Waals surface area contributed by atoms with E-state index in [1.807, 2.05) is 25.1 Å². The first-order valence-corrected chi connectivity index (χ1v) is 9.02. The standard InChI is InChI=1S/C20H22N4O2/c1-14-18-19(22-21-14)16-13-15(5-4-10-23-8-2-3-9-23)6-7-17(16)24(11-12-25)20(18)26/h6-7,13,25H,2-3,8-12H2,1H3,(H,21,22). The molecule has 2 N–H and O–H groups in total. The van der Waals surface area contributed by atoms with Gasteiger partial charge in [-0.05, 0) is 51.1 Å². The maximum Gasteiger partial charge on any atom is 0.262 e. The van der Waals surface area contributed by atoms with Gasteiger partial charge in [-0.15, -0.1) is 0 Å². The second-order valence-corrected chi connectivity index (χ2v) is 6.77. The number of pyridine rings is 1. The van der Waals surface area contributed by atoms with Gasteiger partial charge >= 0.3 is 0 Å². The number of likely N-dealkylation sites (tertiary alicyclic amines) is 1. The quantitative estimate of drug-likeness (QED) is 0.704. The molecule has 0 bridgehead atoms. The SMILES string of the molecule is Cc1[nH]nc2c1c(=O)n(CCO)c1ccc(C#CCN3CCCC3)cc21. The van der Waals surface area contributed by atoms with Gasteiger partial charge in [0.2, 0.25) is 0 Å². The second kappa shape index (κ2) is 6.94. The molecule has 1 aliphatic heterocycles. The van der Waals surface area contributed by atoms with Crippen LogP contribution in [0.1, 0.15) is 24.1 Å². The average molecular weight is 350 g/mol. The van der Waals surface area contributed by atoms with Crippen LogP contribution in [0, 0.1) is 18.8 Å². The number of aliphatic hydroxyl groups excluding tert-OH is 1. The highest BCUT2D eigenvalue weighted by atomic mass is 16.3. The normalized spacial score (nSPS) is 14.8. The molecule has 6 heteroatoms. The van der Waals surface area contributed by atoms with Crippen molar-refractivity contribution in [1.82, 2.24) is 19.7 Å². The average Bonchev–Trinajstić information content (AvgIpc) is 3.29. The Bertz CT molecular complexity index is 1080. The Hall–Kier alpha value is -2.62. The molecule has 3 aromatic rings. The minimum absolute atomic E-state index is 0.0885. The number of H-pyrrole nitrogens is 1. The molecule has 1 aromatic carbocycles. The summed E-state index contributed by atoms with van der Waals surface area (Å²) in [6, 6.07) is 5.82. The van der Waals surface area contributed by atoms with Gasteiger partial charge in [0.05, 0.1) is 24.1 Å². The number of benzene rings is 1. The van der Waals surface area contributed by atoms with Gasteiger partial charge in [-0.2, -0.15) is 5.10 Å². The van der Waals surface area contributed by atoms with E-state index in [9.17, 15) is 9.90 Å². The highest BCUT2D eigenvalue weighted by molar-refractivity contribution is 6.04. The lowest BCUT2D eigenvalue weighted by molar-refractivity contribution is 0.276. The number of aryl methyl sites for hydroxylation is 1. The fraction of sp³-hybridized carbons (Fsp3) is 0.400. The molecule has 0 amide bonds. The first-order valence-electron chi connectivity index (χ1n) is 9.02. The number of nitrogens with one attached hydrogen (secondary N) is 1. The summed E-state index contributed by atoms with van der Waals surface area (Å²) in [5.41, 5.74) is 2.96. The van der Waals surface area contributed by atoms with Crippen molar-refractivity contribution in [3.63, 3.8) is 0 Å². The molecule has 0 atom stereocenters. The van der Waals surface area contributed by atoms with E-state index in [2.05, 4.69) is 26.9 Å². The van der Waals surface area contributed by atoms with Crippen LogP contribution >= 0.6 is 0 Å². The molecule has 3 heterocycles. The van der Waals surface area contributed by atoms with Crippen molar-refractivity contribution in [3.05, 3.63) is 39.8 Å². The smallest absolute Gasteiger partial charge is 0.262 e. The van der Waals surface area contributed by atoms with Crippen LogP contribution in [0.4, 0.5) is 0 Å². The number of fused-ring (bicyclic) bond motifs is 3. The van der Waals surface area contributed by atoms with Gasteiger partial charge in [-0.1, -0.05) is 11.8 Å². The van der Waals surface area contributed by atoms with E-state index in [4.69, 9.17) is 0 Å². The van der Waals surface area contributed by atoms with E-state index in [1.54, 1.807) is 4.57 Å². The lowest BCUT2D eigenvalue weighted by Crippen LogP contribution is -2.22. The first kappa shape index (κ1) is 16.8. The Morgan fingerprint density at radius 1 is 1.31 bits per heavy atom. The molecule has 1 aliphatic rings. The summed E-state index contributed by atoms with van der Waals surface area (Å²) in [5.74, 6) is 6.49. The van der Waals surface area contributed by atoms with Gasteiger partial charge in [-0.3, -0.25) is 14.8 Å². The number of aromatic nitrogens is 3. The molecule has 134 valence electrons. The van der Waals surface area contributed by atoms with Crippen molar-refractivity contribution >= 4 is 21.8 Å². The number of aromatic amines is 1. The summed E-state index contributed by atoms with van der Waals surface area (Å²) in [6.45, 7) is 5.06. The van der Waals surface area contributed by atoms with E-state index in [0.717, 1.165) is 41.8 Å². The Labute approximate surface area is 151 Å². The molecule has 0 radical (unpaired) electrons. The summed E-state index contributed by atoms with van der Waals surface area (Å²) in [5, 5.41) is 18.1. The van der Waals surface area contributed by atoms with Gasteiger partial charge in [0.1, 0.15) is 5.52 Å². The maximum atomic E-state index is 12.8. The van der Waals surface area contributed by atoms with Crippen molar-refractivity contribution in [2.24, 2.45) is 0 Å². The van der Waals surface area contributed by atoms with Crippen LogP contribution in [0.2, 0.25) is 0 Å².